The highest BCUT2D eigenvalue weighted by molar-refractivity contribution is 5.22. The van der Waals surface area contributed by atoms with Crippen molar-refractivity contribution in [3.63, 3.8) is 0 Å². The smallest absolute Gasteiger partial charge is 0.123 e. The summed E-state index contributed by atoms with van der Waals surface area (Å²) in [5, 5.41) is 14.3. The van der Waals surface area contributed by atoms with Crippen LogP contribution >= 0.6 is 0 Å². The number of nitrogens with zero attached hydrogens (tertiary/aromatic N) is 3. The lowest BCUT2D eigenvalue weighted by atomic mass is 10.2. The van der Waals surface area contributed by atoms with E-state index in [0.717, 1.165) is 13.1 Å². The molecule has 0 bridgehead atoms. The Labute approximate surface area is 140 Å². The standard InChI is InChI=1S/C17H22FN3O3/c18-14-2-4-16(5-3-14)24-13-15(22)10-20-8-9-23-17(11-20)12-21-7-1-6-19-21/h1-7,15,17,22H,8-13H2/t15-,17-/m1/s1. The van der Waals surface area contributed by atoms with Crippen molar-refractivity contribution >= 4 is 0 Å². The molecule has 1 aromatic carbocycles. The minimum atomic E-state index is -0.612. The molecular weight excluding hydrogens is 313 g/mol. The summed E-state index contributed by atoms with van der Waals surface area (Å²) in [5.74, 6) is 0.244. The summed E-state index contributed by atoms with van der Waals surface area (Å²) >= 11 is 0. The van der Waals surface area contributed by atoms with E-state index in [2.05, 4.69) is 10.00 Å². The van der Waals surface area contributed by atoms with Crippen LogP contribution in [0.15, 0.2) is 42.7 Å². The van der Waals surface area contributed by atoms with Crippen molar-refractivity contribution in [3.8, 4) is 5.75 Å². The van der Waals surface area contributed by atoms with Crippen molar-refractivity contribution in [2.45, 2.75) is 18.8 Å². The maximum atomic E-state index is 12.8. The number of hydrogen-bond donors (Lipinski definition) is 1. The van der Waals surface area contributed by atoms with Crippen LogP contribution in [-0.4, -0.2) is 64.8 Å². The van der Waals surface area contributed by atoms with E-state index in [9.17, 15) is 9.50 Å². The fourth-order valence-corrected chi connectivity index (χ4v) is 2.75. The lowest BCUT2D eigenvalue weighted by Gasteiger charge is -2.33. The zero-order valence-corrected chi connectivity index (χ0v) is 13.4. The molecule has 3 rings (SSSR count). The third kappa shape index (κ3) is 5.02. The van der Waals surface area contributed by atoms with E-state index in [0.29, 0.717) is 25.4 Å². The number of morpholine rings is 1. The molecule has 1 saturated heterocycles. The molecule has 6 nitrogen and oxygen atoms in total. The molecular formula is C17H22FN3O3. The van der Waals surface area contributed by atoms with Crippen LogP contribution in [0.3, 0.4) is 0 Å². The van der Waals surface area contributed by atoms with Crippen LogP contribution in [0, 0.1) is 5.82 Å². The minimum absolute atomic E-state index is 0.0591. The highest BCUT2D eigenvalue weighted by Gasteiger charge is 2.23. The number of ether oxygens (including phenoxy) is 2. The van der Waals surface area contributed by atoms with Gasteiger partial charge in [0.15, 0.2) is 0 Å². The van der Waals surface area contributed by atoms with E-state index >= 15 is 0 Å². The number of benzene rings is 1. The molecule has 130 valence electrons. The van der Waals surface area contributed by atoms with Gasteiger partial charge in [0.25, 0.3) is 0 Å². The van der Waals surface area contributed by atoms with Crippen molar-refractivity contribution in [1.29, 1.82) is 0 Å². The zero-order chi connectivity index (χ0) is 16.8. The summed E-state index contributed by atoms with van der Waals surface area (Å²) < 4.78 is 25.9. The Hall–Kier alpha value is -1.96. The SMILES string of the molecule is O[C@@H](COc1ccc(F)cc1)CN1CCO[C@@H](Cn2cccn2)C1. The molecule has 1 aliphatic rings. The number of rotatable bonds is 7. The van der Waals surface area contributed by atoms with Crippen molar-refractivity contribution in [1.82, 2.24) is 14.7 Å². The number of hydrogen-bond acceptors (Lipinski definition) is 5. The first kappa shape index (κ1) is 16.9. The molecule has 0 saturated carbocycles. The van der Waals surface area contributed by atoms with Crippen LogP contribution in [0.25, 0.3) is 0 Å². The van der Waals surface area contributed by atoms with Gasteiger partial charge in [-0.2, -0.15) is 5.10 Å². The summed E-state index contributed by atoms with van der Waals surface area (Å²) in [6.45, 7) is 3.55. The first-order valence-corrected chi connectivity index (χ1v) is 8.07. The Kier molecular flexibility index (Phi) is 5.79. The van der Waals surface area contributed by atoms with E-state index < -0.39 is 6.10 Å². The van der Waals surface area contributed by atoms with E-state index in [1.54, 1.807) is 18.3 Å². The van der Waals surface area contributed by atoms with Crippen LogP contribution in [0.1, 0.15) is 0 Å². The minimum Gasteiger partial charge on any atom is -0.491 e. The van der Waals surface area contributed by atoms with Gasteiger partial charge in [0.2, 0.25) is 0 Å². The maximum Gasteiger partial charge on any atom is 0.123 e. The second kappa shape index (κ2) is 8.23. The quantitative estimate of drug-likeness (QED) is 0.823. The van der Waals surface area contributed by atoms with Gasteiger partial charge in [0.1, 0.15) is 24.3 Å². The van der Waals surface area contributed by atoms with Crippen LogP contribution in [0.4, 0.5) is 4.39 Å². The third-order valence-electron chi connectivity index (χ3n) is 3.90. The van der Waals surface area contributed by atoms with Gasteiger partial charge in [-0.05, 0) is 30.3 Å². The summed E-state index contributed by atoms with van der Waals surface area (Å²) in [7, 11) is 0. The average molecular weight is 335 g/mol. The monoisotopic (exact) mass is 335 g/mol. The van der Waals surface area contributed by atoms with E-state index in [1.165, 1.54) is 12.1 Å². The largest absolute Gasteiger partial charge is 0.491 e. The summed E-state index contributed by atoms with van der Waals surface area (Å²) in [6.07, 6.45) is 3.10. The molecule has 0 unspecified atom stereocenters. The van der Waals surface area contributed by atoms with Gasteiger partial charge < -0.3 is 14.6 Å². The zero-order valence-electron chi connectivity index (χ0n) is 13.4. The van der Waals surface area contributed by atoms with Gasteiger partial charge in [-0.15, -0.1) is 0 Å². The maximum absolute atomic E-state index is 12.8. The van der Waals surface area contributed by atoms with E-state index in [-0.39, 0.29) is 18.5 Å². The molecule has 0 amide bonds. The van der Waals surface area contributed by atoms with Gasteiger partial charge in [-0.1, -0.05) is 0 Å². The molecule has 2 heterocycles. The van der Waals surface area contributed by atoms with Crippen molar-refractivity contribution in [2.24, 2.45) is 0 Å². The molecule has 1 aromatic heterocycles. The first-order chi connectivity index (χ1) is 11.7. The molecule has 1 fully saturated rings. The predicted octanol–water partition coefficient (Wildman–Crippen LogP) is 1.16. The van der Waals surface area contributed by atoms with Gasteiger partial charge in [0.05, 0.1) is 19.3 Å². The lowest BCUT2D eigenvalue weighted by molar-refractivity contribution is -0.0517. The van der Waals surface area contributed by atoms with Crippen LogP contribution in [-0.2, 0) is 11.3 Å². The number of aromatic nitrogens is 2. The fraction of sp³-hybridized carbons (Fsp3) is 0.471. The summed E-state index contributed by atoms with van der Waals surface area (Å²) in [5.41, 5.74) is 0. The summed E-state index contributed by atoms with van der Waals surface area (Å²) in [4.78, 5) is 2.16. The van der Waals surface area contributed by atoms with Crippen LogP contribution in [0.2, 0.25) is 0 Å². The number of halogens is 1. The van der Waals surface area contributed by atoms with Crippen molar-refractivity contribution in [2.75, 3.05) is 32.8 Å². The Balaban J connectivity index is 1.41. The second-order valence-corrected chi connectivity index (χ2v) is 5.90. The van der Waals surface area contributed by atoms with E-state index in [1.807, 2.05) is 16.9 Å². The van der Waals surface area contributed by atoms with Crippen molar-refractivity contribution < 1.29 is 19.0 Å². The van der Waals surface area contributed by atoms with Crippen molar-refractivity contribution in [3.05, 3.63) is 48.5 Å². The Bertz CT molecular complexity index is 606. The Morgan fingerprint density at radius 1 is 1.38 bits per heavy atom. The van der Waals surface area contributed by atoms with Gasteiger partial charge in [-0.3, -0.25) is 9.58 Å². The first-order valence-electron chi connectivity index (χ1n) is 8.07. The highest BCUT2D eigenvalue weighted by atomic mass is 19.1. The molecule has 2 atom stereocenters. The van der Waals surface area contributed by atoms with Gasteiger partial charge >= 0.3 is 0 Å². The predicted molar refractivity (Wildman–Crippen MR) is 86.3 cm³/mol. The molecule has 1 aliphatic heterocycles. The number of aliphatic hydroxyl groups is 1. The Morgan fingerprint density at radius 3 is 2.96 bits per heavy atom. The molecule has 24 heavy (non-hydrogen) atoms. The molecule has 0 radical (unpaired) electrons. The number of β-amino-alcohol motifs (C(OH)–C–C–N with tert-alkyl or cyclic N) is 1. The second-order valence-electron chi connectivity index (χ2n) is 5.90. The number of aliphatic hydroxyl groups excluding tert-OH is 1. The third-order valence-corrected chi connectivity index (χ3v) is 3.90. The van der Waals surface area contributed by atoms with Crippen LogP contribution in [0.5, 0.6) is 5.75 Å². The lowest BCUT2D eigenvalue weighted by Crippen LogP contribution is -2.47. The molecule has 0 aliphatic carbocycles. The average Bonchev–Trinajstić information content (AvgIpc) is 3.08. The van der Waals surface area contributed by atoms with Crippen LogP contribution < -0.4 is 4.74 Å². The Morgan fingerprint density at radius 2 is 2.21 bits per heavy atom. The van der Waals surface area contributed by atoms with Gasteiger partial charge in [-0.25, -0.2) is 4.39 Å². The molecule has 2 aromatic rings. The molecule has 0 spiro atoms. The van der Waals surface area contributed by atoms with E-state index in [4.69, 9.17) is 9.47 Å². The normalized spacial score (nSPS) is 20.0. The highest BCUT2D eigenvalue weighted by Crippen LogP contribution is 2.12. The topological polar surface area (TPSA) is 59.8 Å². The molecule has 7 heteroatoms. The molecule has 1 N–H and O–H groups in total. The van der Waals surface area contributed by atoms with Gasteiger partial charge in [0, 0.05) is 32.0 Å². The fourth-order valence-electron chi connectivity index (χ4n) is 2.75. The summed E-state index contributed by atoms with van der Waals surface area (Å²) in [6, 6.07) is 7.66.